The molecule has 2 atom stereocenters. The molecule has 0 aliphatic carbocycles. The lowest BCUT2D eigenvalue weighted by Gasteiger charge is -2.23. The van der Waals surface area contributed by atoms with E-state index in [2.05, 4.69) is 6.92 Å². The van der Waals surface area contributed by atoms with Gasteiger partial charge >= 0.3 is 11.9 Å². The molecule has 0 bridgehead atoms. The Morgan fingerprint density at radius 2 is 1.00 bits per heavy atom. The summed E-state index contributed by atoms with van der Waals surface area (Å²) in [7, 11) is 0. The molecule has 13 nitrogen and oxygen atoms in total. The number of carbonyl (C=O) groups is 4. The van der Waals surface area contributed by atoms with Crippen molar-refractivity contribution in [3.8, 4) is 17.2 Å². The van der Waals surface area contributed by atoms with Crippen molar-refractivity contribution in [3.63, 3.8) is 0 Å². The van der Waals surface area contributed by atoms with Gasteiger partial charge in [0.2, 0.25) is 0 Å². The maximum absolute atomic E-state index is 13.8. The number of hydrogen-bond donors (Lipinski definition) is 2. The number of amides is 2. The molecule has 0 radical (unpaired) electrons. The lowest BCUT2D eigenvalue weighted by Crippen LogP contribution is -2.35. The van der Waals surface area contributed by atoms with Crippen molar-refractivity contribution in [1.29, 1.82) is 0 Å². The third kappa shape index (κ3) is 18.9. The lowest BCUT2D eigenvalue weighted by molar-refractivity contribution is -0.150. The number of halogens is 1. The molecule has 14 heteroatoms. The zero-order valence-corrected chi connectivity index (χ0v) is 38.8. The normalized spacial score (nSPS) is 11.6. The van der Waals surface area contributed by atoms with Gasteiger partial charge in [0.15, 0.2) is 25.4 Å². The summed E-state index contributed by atoms with van der Waals surface area (Å²) in [5.74, 6) is -0.843. The number of benzene rings is 5. The molecule has 0 unspecified atom stereocenters. The van der Waals surface area contributed by atoms with Gasteiger partial charge in [-0.3, -0.25) is 9.59 Å². The van der Waals surface area contributed by atoms with Gasteiger partial charge in [-0.1, -0.05) is 98.3 Å². The summed E-state index contributed by atoms with van der Waals surface area (Å²) in [5, 5.41) is 18.4. The first-order valence-electron chi connectivity index (χ1n) is 22.6. The minimum Gasteiger partial charge on any atom is -0.489 e. The number of nitrogens with zero attached hydrogens (tertiary/aromatic N) is 2. The van der Waals surface area contributed by atoms with Crippen LogP contribution in [0.4, 0.5) is 4.39 Å². The van der Waals surface area contributed by atoms with E-state index in [1.807, 2.05) is 66.4 Å². The molecule has 5 aromatic rings. The fourth-order valence-electron chi connectivity index (χ4n) is 6.68. The molecular weight excluding hydrogens is 860 g/mol. The molecule has 0 fully saturated rings. The lowest BCUT2D eigenvalue weighted by atomic mass is 10.1. The monoisotopic (exact) mass is 922 g/mol. The molecule has 0 aromatic heterocycles. The van der Waals surface area contributed by atoms with Crippen LogP contribution in [0.3, 0.4) is 0 Å². The predicted molar refractivity (Wildman–Crippen MR) is 252 cm³/mol. The number of aliphatic carboxylic acids is 2. The van der Waals surface area contributed by atoms with Crippen molar-refractivity contribution in [1.82, 2.24) is 9.80 Å². The fourth-order valence-corrected chi connectivity index (χ4v) is 6.68. The van der Waals surface area contributed by atoms with Gasteiger partial charge in [0.25, 0.3) is 11.8 Å². The van der Waals surface area contributed by atoms with Crippen LogP contribution < -0.4 is 14.2 Å². The summed E-state index contributed by atoms with van der Waals surface area (Å²) in [6.07, 6.45) is 0.619. The Morgan fingerprint density at radius 3 is 1.46 bits per heavy atom. The highest BCUT2D eigenvalue weighted by Gasteiger charge is 2.20. The number of hydrogen-bond acceptors (Lipinski definition) is 9. The standard InChI is InChI=1S/C31H37NO6.C22H26FNO5/c1-3-5-19-32(21-25-13-17-27(18-14-25)37-22-26-9-7-6-8-10-26)30(33)23-38-28-15-11-24(12-16-28)20-29(31(34)35)36-4-2;1-3-24(14-17-7-5-6-8-19(17)23)21(25)15-29-18-11-9-16(10-12-18)13-20(22(26)27)28-4-2/h6-18,29H,3-5,19-23H2,1-2H3,(H,34,35);5-12,20H,3-4,13-15H2,1-2H3,(H,26,27)/t29-;20-/m00/s1. The third-order valence-corrected chi connectivity index (χ3v) is 10.4. The number of carbonyl (C=O) groups excluding carboxylic acids is 2. The molecule has 5 rings (SSSR count). The maximum atomic E-state index is 13.8. The van der Waals surface area contributed by atoms with E-state index in [0.29, 0.717) is 56.5 Å². The number of ether oxygens (including phenoxy) is 5. The van der Waals surface area contributed by atoms with Gasteiger partial charge in [0.05, 0.1) is 0 Å². The average Bonchev–Trinajstić information content (AvgIpc) is 3.34. The minimum absolute atomic E-state index is 0.0714. The summed E-state index contributed by atoms with van der Waals surface area (Å²) in [6.45, 7) is 10.1. The quantitative estimate of drug-likeness (QED) is 0.0518. The van der Waals surface area contributed by atoms with Crippen LogP contribution in [0, 0.1) is 5.82 Å². The second-order valence-electron chi connectivity index (χ2n) is 15.4. The Kier molecular flexibility index (Phi) is 22.9. The molecule has 358 valence electrons. The first-order chi connectivity index (χ1) is 32.4. The van der Waals surface area contributed by atoms with Crippen molar-refractivity contribution in [2.45, 2.75) is 85.3 Å². The highest BCUT2D eigenvalue weighted by Crippen LogP contribution is 2.19. The van der Waals surface area contributed by atoms with Gasteiger partial charge in [-0.25, -0.2) is 14.0 Å². The molecule has 0 saturated carbocycles. The molecular formula is C53H63FN2O11. The van der Waals surface area contributed by atoms with Crippen molar-refractivity contribution in [2.75, 3.05) is 39.5 Å². The van der Waals surface area contributed by atoms with Gasteiger partial charge in [0, 0.05) is 57.8 Å². The highest BCUT2D eigenvalue weighted by atomic mass is 19.1. The van der Waals surface area contributed by atoms with Gasteiger partial charge < -0.3 is 43.7 Å². The van der Waals surface area contributed by atoms with Crippen molar-refractivity contribution >= 4 is 23.8 Å². The van der Waals surface area contributed by atoms with E-state index < -0.39 is 24.1 Å². The summed E-state index contributed by atoms with van der Waals surface area (Å²) < 4.78 is 41.5. The first kappa shape index (κ1) is 52.9. The summed E-state index contributed by atoms with van der Waals surface area (Å²) >= 11 is 0. The maximum Gasteiger partial charge on any atom is 0.333 e. The average molecular weight is 923 g/mol. The Bertz CT molecular complexity index is 2240. The van der Waals surface area contributed by atoms with Crippen LogP contribution in [-0.4, -0.2) is 95.5 Å². The Hall–Kier alpha value is -6.77. The summed E-state index contributed by atoms with van der Waals surface area (Å²) in [6, 6.07) is 38.1. The van der Waals surface area contributed by atoms with E-state index in [-0.39, 0.29) is 50.2 Å². The van der Waals surface area contributed by atoms with Gasteiger partial charge in [-0.05, 0) is 91.9 Å². The van der Waals surface area contributed by atoms with E-state index >= 15 is 0 Å². The van der Waals surface area contributed by atoms with Crippen molar-refractivity contribution < 1.29 is 57.5 Å². The van der Waals surface area contributed by atoms with E-state index in [1.54, 1.807) is 80.6 Å². The number of carboxylic acids is 2. The molecule has 2 N–H and O–H groups in total. The Morgan fingerprint density at radius 1 is 0.537 bits per heavy atom. The van der Waals surface area contributed by atoms with E-state index in [4.69, 9.17) is 28.8 Å². The van der Waals surface area contributed by atoms with Crippen LogP contribution in [0.2, 0.25) is 0 Å². The van der Waals surface area contributed by atoms with Crippen LogP contribution in [0.1, 0.15) is 68.4 Å². The highest BCUT2D eigenvalue weighted by molar-refractivity contribution is 5.78. The molecule has 0 aliphatic heterocycles. The largest absolute Gasteiger partial charge is 0.489 e. The topological polar surface area (TPSA) is 161 Å². The van der Waals surface area contributed by atoms with Crippen LogP contribution in [0.25, 0.3) is 0 Å². The second kappa shape index (κ2) is 29.0. The van der Waals surface area contributed by atoms with Gasteiger partial charge in [-0.15, -0.1) is 0 Å². The molecule has 2 amide bonds. The third-order valence-electron chi connectivity index (χ3n) is 10.4. The fraction of sp³-hybridized carbons (Fsp3) is 0.358. The molecule has 5 aromatic carbocycles. The zero-order chi connectivity index (χ0) is 48.4. The molecule has 0 aliphatic rings. The predicted octanol–water partition coefficient (Wildman–Crippen LogP) is 8.79. The van der Waals surface area contributed by atoms with Crippen molar-refractivity contribution in [2.24, 2.45) is 0 Å². The summed E-state index contributed by atoms with van der Waals surface area (Å²) in [5.41, 5.74) is 4.20. The first-order valence-corrected chi connectivity index (χ1v) is 22.6. The van der Waals surface area contributed by atoms with E-state index in [9.17, 15) is 28.7 Å². The summed E-state index contributed by atoms with van der Waals surface area (Å²) in [4.78, 5) is 51.2. The second-order valence-corrected chi connectivity index (χ2v) is 15.4. The van der Waals surface area contributed by atoms with Gasteiger partial charge in [-0.2, -0.15) is 0 Å². The number of unbranched alkanes of at least 4 members (excludes halogenated alkanes) is 1. The minimum atomic E-state index is -1.01. The molecule has 0 spiro atoms. The van der Waals surface area contributed by atoms with Crippen LogP contribution in [-0.2, 0) is 61.2 Å². The number of carboxylic acid groups (broad SMARTS) is 2. The molecule has 67 heavy (non-hydrogen) atoms. The van der Waals surface area contributed by atoms with Crippen molar-refractivity contribution in [3.05, 3.63) is 161 Å². The van der Waals surface area contributed by atoms with Crippen LogP contribution in [0.15, 0.2) is 127 Å². The Labute approximate surface area is 393 Å². The van der Waals surface area contributed by atoms with Crippen LogP contribution >= 0.6 is 0 Å². The molecule has 0 heterocycles. The number of rotatable bonds is 27. The SMILES string of the molecule is CCCCN(Cc1ccc(OCc2ccccc2)cc1)C(=O)COc1ccc(C[C@H](OCC)C(=O)O)cc1.CCO[C@@H](Cc1ccc(OCC(=O)N(CC)Cc2ccccc2F)cc1)C(=O)O. The molecule has 0 saturated heterocycles. The van der Waals surface area contributed by atoms with Crippen LogP contribution in [0.5, 0.6) is 17.2 Å². The zero-order valence-electron chi connectivity index (χ0n) is 38.8. The Balaban J connectivity index is 0.000000304. The van der Waals surface area contributed by atoms with E-state index in [0.717, 1.165) is 40.8 Å². The smallest absolute Gasteiger partial charge is 0.333 e. The van der Waals surface area contributed by atoms with Gasteiger partial charge in [0.1, 0.15) is 29.7 Å². The number of likely N-dealkylation sites (N-methyl/N-ethyl adjacent to an activating group) is 1. The van der Waals surface area contributed by atoms with E-state index in [1.165, 1.54) is 11.0 Å².